The topological polar surface area (TPSA) is 0 Å². The molecule has 2 aliphatic rings. The van der Waals surface area contributed by atoms with E-state index in [1.165, 1.54) is 33.4 Å². The van der Waals surface area contributed by atoms with Crippen LogP contribution in [0.2, 0.25) is 13.1 Å². The fourth-order valence-corrected chi connectivity index (χ4v) is 3.80. The van der Waals surface area contributed by atoms with E-state index in [0.29, 0.717) is 11.8 Å². The summed E-state index contributed by atoms with van der Waals surface area (Å²) >= 11 is -0.826. The summed E-state index contributed by atoms with van der Waals surface area (Å²) < 4.78 is 0. The molecule has 0 aromatic heterocycles. The Kier molecular flexibility index (Phi) is 13.3. The summed E-state index contributed by atoms with van der Waals surface area (Å²) in [5.41, 5.74) is 8.11. The Bertz CT molecular complexity index is 1040. The van der Waals surface area contributed by atoms with Crippen LogP contribution in [0.25, 0.3) is 12.2 Å². The molecule has 33 heavy (non-hydrogen) atoms. The first-order chi connectivity index (χ1) is 16.1. The van der Waals surface area contributed by atoms with Crippen molar-refractivity contribution in [3.63, 3.8) is 0 Å². The quantitative estimate of drug-likeness (QED) is 0.214. The van der Waals surface area contributed by atoms with Gasteiger partial charge in [0.25, 0.3) is 0 Å². The molecule has 2 aliphatic carbocycles. The molecule has 2 atom stereocenters. The summed E-state index contributed by atoms with van der Waals surface area (Å²) in [6.07, 6.45) is 9.82. The number of benzene rings is 3. The molecule has 2 radical (unpaired) electrons. The first-order valence-corrected chi connectivity index (χ1v) is 19.3. The van der Waals surface area contributed by atoms with E-state index in [1.54, 1.807) is 0 Å². The van der Waals surface area contributed by atoms with Crippen molar-refractivity contribution in [2.75, 3.05) is 0 Å². The maximum atomic E-state index is 4.93. The van der Waals surface area contributed by atoms with Crippen LogP contribution in [0.1, 0.15) is 52.1 Å². The molecular weight excluding hydrogens is 539 g/mol. The Morgan fingerprint density at radius 3 is 2.06 bits per heavy atom. The Hall–Kier alpha value is -1.18. The van der Waals surface area contributed by atoms with Crippen molar-refractivity contribution in [2.24, 2.45) is 0 Å². The SMILES string of the molecule is CCc1[c-]ccc(C2C=Cc3ccccc32)c1.C[Si]C.[CH2-]C1C=Cc2ccccc21.[Cl][Zr+2][Cl]. The molecule has 0 fully saturated rings. The molecule has 0 heterocycles. The normalized spacial score (nSPS) is 16.1. The molecule has 0 N–H and O–H groups in total. The van der Waals surface area contributed by atoms with E-state index in [9.17, 15) is 0 Å². The Balaban J connectivity index is 0.000000204. The van der Waals surface area contributed by atoms with E-state index in [-0.39, 0.29) is 0 Å². The van der Waals surface area contributed by atoms with Crippen LogP contribution in [0.5, 0.6) is 0 Å². The van der Waals surface area contributed by atoms with Gasteiger partial charge in [-0.3, -0.25) is 0 Å². The Morgan fingerprint density at radius 1 is 0.909 bits per heavy atom. The van der Waals surface area contributed by atoms with Gasteiger partial charge in [0.1, 0.15) is 0 Å². The van der Waals surface area contributed by atoms with Crippen LogP contribution in [0.15, 0.2) is 78.9 Å². The molecule has 0 nitrogen and oxygen atoms in total. The number of fused-ring (bicyclic) bond motifs is 2. The molecular formula is C29H30Cl2SiZr. The molecule has 2 unspecified atom stereocenters. The third-order valence-electron chi connectivity index (χ3n) is 5.33. The van der Waals surface area contributed by atoms with E-state index in [1.807, 2.05) is 6.07 Å². The van der Waals surface area contributed by atoms with E-state index in [2.05, 4.69) is 118 Å². The van der Waals surface area contributed by atoms with Crippen LogP contribution in [0.3, 0.4) is 0 Å². The molecule has 3 aromatic carbocycles. The van der Waals surface area contributed by atoms with E-state index in [0.717, 1.165) is 15.9 Å². The summed E-state index contributed by atoms with van der Waals surface area (Å²) in [4.78, 5) is 0. The van der Waals surface area contributed by atoms with Gasteiger partial charge in [-0.1, -0.05) is 98.8 Å². The predicted octanol–water partition coefficient (Wildman–Crippen LogP) is 9.00. The molecule has 0 saturated heterocycles. The van der Waals surface area contributed by atoms with Gasteiger partial charge in [-0.05, 0) is 16.7 Å². The average molecular weight is 569 g/mol. The number of allylic oxidation sites excluding steroid dienone is 2. The van der Waals surface area contributed by atoms with E-state index >= 15 is 0 Å². The van der Waals surface area contributed by atoms with Crippen LogP contribution in [-0.4, -0.2) is 9.52 Å². The molecule has 0 bridgehead atoms. The van der Waals surface area contributed by atoms with Gasteiger partial charge in [0.15, 0.2) is 0 Å². The van der Waals surface area contributed by atoms with Crippen molar-refractivity contribution in [1.82, 2.24) is 0 Å². The van der Waals surface area contributed by atoms with Crippen molar-refractivity contribution >= 4 is 38.7 Å². The monoisotopic (exact) mass is 566 g/mol. The third kappa shape index (κ3) is 8.52. The number of hydrogen-bond acceptors (Lipinski definition) is 0. The number of rotatable bonds is 2. The molecule has 5 rings (SSSR count). The molecule has 0 aliphatic heterocycles. The summed E-state index contributed by atoms with van der Waals surface area (Å²) in [6.45, 7) is 10.5. The van der Waals surface area contributed by atoms with Gasteiger partial charge in [-0.25, -0.2) is 0 Å². The minimum atomic E-state index is -0.826. The fraction of sp³-hybridized carbons (Fsp3) is 0.207. The Morgan fingerprint density at radius 2 is 1.45 bits per heavy atom. The van der Waals surface area contributed by atoms with Gasteiger partial charge in [0, 0.05) is 15.4 Å². The van der Waals surface area contributed by atoms with Gasteiger partial charge in [-0.2, -0.15) is 29.8 Å². The van der Waals surface area contributed by atoms with Crippen LogP contribution in [0.4, 0.5) is 0 Å². The van der Waals surface area contributed by atoms with Crippen molar-refractivity contribution in [1.29, 1.82) is 0 Å². The van der Waals surface area contributed by atoms with Gasteiger partial charge < -0.3 is 6.92 Å². The number of aryl methyl sites for hydroxylation is 1. The second kappa shape index (κ2) is 15.7. The van der Waals surface area contributed by atoms with Gasteiger partial charge in [0.2, 0.25) is 0 Å². The van der Waals surface area contributed by atoms with Crippen LogP contribution in [-0.2, 0) is 27.3 Å². The standard InChI is InChI=1S/C17H15.C10H9.C2H6Si.2ClH.Zr/c1-2-13-6-5-8-15(12-13)17-11-10-14-7-3-4-9-16(14)17;1-8-6-7-9-4-2-3-5-10(8)9;1-3-2;;;/h3-5,7-12,17H,2H2,1H3;2-8H,1H2;1-2H3;2*1H;/q2*-1;;;;+4/p-2. The summed E-state index contributed by atoms with van der Waals surface area (Å²) in [5, 5.41) is 0. The van der Waals surface area contributed by atoms with Gasteiger partial charge in [-0.15, -0.1) is 17.6 Å². The third-order valence-corrected chi connectivity index (χ3v) is 5.33. The average Bonchev–Trinajstić information content (AvgIpc) is 3.45. The van der Waals surface area contributed by atoms with Crippen molar-refractivity contribution in [2.45, 2.75) is 38.3 Å². The second-order valence-electron chi connectivity index (χ2n) is 7.63. The van der Waals surface area contributed by atoms with E-state index < -0.39 is 20.8 Å². The minimum absolute atomic E-state index is 0.371. The first kappa shape index (κ1) is 28.1. The number of halogens is 2. The zero-order chi connectivity index (χ0) is 24.1. The zero-order valence-corrected chi connectivity index (χ0v) is 24.5. The van der Waals surface area contributed by atoms with Crippen LogP contribution in [0, 0.1) is 13.0 Å². The molecule has 4 heteroatoms. The molecule has 0 amide bonds. The molecule has 0 spiro atoms. The van der Waals surface area contributed by atoms with Crippen LogP contribution >= 0.6 is 17.0 Å². The fourth-order valence-electron chi connectivity index (χ4n) is 3.80. The summed E-state index contributed by atoms with van der Waals surface area (Å²) in [5.74, 6) is 0.794. The Labute approximate surface area is 221 Å². The van der Waals surface area contributed by atoms with Crippen LogP contribution < -0.4 is 0 Å². The second-order valence-corrected chi connectivity index (χ2v) is 12.4. The van der Waals surface area contributed by atoms with Gasteiger partial charge in [0.05, 0.1) is 0 Å². The van der Waals surface area contributed by atoms with Crippen molar-refractivity contribution in [3.8, 4) is 0 Å². The molecule has 168 valence electrons. The first-order valence-electron chi connectivity index (χ1n) is 11.0. The van der Waals surface area contributed by atoms with Crippen molar-refractivity contribution in [3.05, 3.63) is 125 Å². The number of hydrogen-bond donors (Lipinski definition) is 0. The van der Waals surface area contributed by atoms with Crippen molar-refractivity contribution < 1.29 is 20.8 Å². The maximum absolute atomic E-state index is 4.93. The van der Waals surface area contributed by atoms with Gasteiger partial charge >= 0.3 is 37.9 Å². The van der Waals surface area contributed by atoms with E-state index in [4.69, 9.17) is 17.0 Å². The summed E-state index contributed by atoms with van der Waals surface area (Å²) in [6, 6.07) is 26.8. The predicted molar refractivity (Wildman–Crippen MR) is 145 cm³/mol. The summed E-state index contributed by atoms with van der Waals surface area (Å²) in [7, 11) is 11.0. The molecule has 3 aromatic rings. The zero-order valence-electron chi connectivity index (χ0n) is 19.5. The molecule has 0 saturated carbocycles.